The SMILES string of the molecule is CN(C(=O)c1ccc2ncccc2c1)C1CC(=Cc2cc(C(F)F)nc3ncnn23)C1. The molecule has 1 aliphatic carbocycles. The summed E-state index contributed by atoms with van der Waals surface area (Å²) in [6.45, 7) is 0. The van der Waals surface area contributed by atoms with Crippen LogP contribution in [-0.2, 0) is 0 Å². The second-order valence-corrected chi connectivity index (χ2v) is 7.57. The number of amides is 1. The summed E-state index contributed by atoms with van der Waals surface area (Å²) in [6, 6.07) is 10.6. The summed E-state index contributed by atoms with van der Waals surface area (Å²) in [5, 5.41) is 4.98. The van der Waals surface area contributed by atoms with E-state index in [2.05, 4.69) is 20.1 Å². The summed E-state index contributed by atoms with van der Waals surface area (Å²) in [6.07, 6.45) is 3.48. The largest absolute Gasteiger partial charge is 0.338 e. The van der Waals surface area contributed by atoms with Crippen molar-refractivity contribution in [2.24, 2.45) is 0 Å². The number of rotatable bonds is 4. The van der Waals surface area contributed by atoms with E-state index in [0.717, 1.165) is 16.5 Å². The molecule has 0 unspecified atom stereocenters. The Bertz CT molecular complexity index is 1320. The van der Waals surface area contributed by atoms with Crippen LogP contribution < -0.4 is 0 Å². The molecular formula is C22H18F2N6O. The van der Waals surface area contributed by atoms with Crippen molar-refractivity contribution in [3.63, 3.8) is 0 Å². The highest BCUT2D eigenvalue weighted by Gasteiger charge is 2.30. The van der Waals surface area contributed by atoms with E-state index in [1.54, 1.807) is 24.2 Å². The molecule has 1 aliphatic rings. The summed E-state index contributed by atoms with van der Waals surface area (Å²) in [5.74, 6) is 0.0796. The number of benzene rings is 1. The van der Waals surface area contributed by atoms with Crippen LogP contribution in [-0.4, -0.2) is 48.5 Å². The lowest BCUT2D eigenvalue weighted by molar-refractivity contribution is 0.0699. The van der Waals surface area contributed by atoms with Gasteiger partial charge in [-0.05, 0) is 49.2 Å². The molecule has 0 saturated heterocycles. The monoisotopic (exact) mass is 420 g/mol. The van der Waals surface area contributed by atoms with Gasteiger partial charge in [0.2, 0.25) is 0 Å². The van der Waals surface area contributed by atoms with Gasteiger partial charge in [0.25, 0.3) is 18.1 Å². The first-order valence-corrected chi connectivity index (χ1v) is 9.80. The number of aromatic nitrogens is 5. The molecule has 0 spiro atoms. The van der Waals surface area contributed by atoms with Crippen LogP contribution in [0.4, 0.5) is 8.78 Å². The van der Waals surface area contributed by atoms with Gasteiger partial charge in [0.05, 0.1) is 11.2 Å². The van der Waals surface area contributed by atoms with Crippen molar-refractivity contribution in [3.05, 3.63) is 71.4 Å². The third-order valence-corrected chi connectivity index (χ3v) is 5.59. The van der Waals surface area contributed by atoms with Gasteiger partial charge in [-0.3, -0.25) is 9.78 Å². The van der Waals surface area contributed by atoms with Crippen molar-refractivity contribution in [2.75, 3.05) is 7.05 Å². The first kappa shape index (κ1) is 19.2. The third-order valence-electron chi connectivity index (χ3n) is 5.59. The summed E-state index contributed by atoms with van der Waals surface area (Å²) in [5.41, 5.74) is 2.68. The van der Waals surface area contributed by atoms with Gasteiger partial charge in [0.15, 0.2) is 0 Å². The van der Waals surface area contributed by atoms with E-state index in [-0.39, 0.29) is 23.4 Å². The fourth-order valence-electron chi connectivity index (χ4n) is 3.79. The predicted octanol–water partition coefficient (Wildman–Crippen LogP) is 3.93. The standard InChI is InChI=1S/C22H18F2N6O/c1-29(21(31)15-4-5-18-14(10-15)3-2-6-25-18)16-7-13(8-16)9-17-11-19(20(23)24)28-22-26-12-27-30(17)22/h2-6,9-12,16,20H,7-8H2,1H3. The molecule has 0 atom stereocenters. The molecule has 156 valence electrons. The smallest absolute Gasteiger partial charge is 0.280 e. The lowest BCUT2D eigenvalue weighted by Gasteiger charge is -2.37. The molecule has 0 N–H and O–H groups in total. The number of fused-ring (bicyclic) bond motifs is 2. The first-order chi connectivity index (χ1) is 15.0. The van der Waals surface area contributed by atoms with Crippen molar-refractivity contribution >= 4 is 28.7 Å². The van der Waals surface area contributed by atoms with Crippen LogP contribution in [0.1, 0.15) is 41.0 Å². The number of pyridine rings is 1. The van der Waals surface area contributed by atoms with Crippen LogP contribution in [0.2, 0.25) is 0 Å². The molecular weight excluding hydrogens is 402 g/mol. The predicted molar refractivity (Wildman–Crippen MR) is 111 cm³/mol. The van der Waals surface area contributed by atoms with Gasteiger partial charge in [0, 0.05) is 30.2 Å². The van der Waals surface area contributed by atoms with E-state index in [1.807, 2.05) is 30.3 Å². The second-order valence-electron chi connectivity index (χ2n) is 7.57. The van der Waals surface area contributed by atoms with Gasteiger partial charge in [-0.25, -0.2) is 13.8 Å². The number of hydrogen-bond donors (Lipinski definition) is 0. The molecule has 0 radical (unpaired) electrons. The Hall–Kier alpha value is -3.75. The van der Waals surface area contributed by atoms with Crippen LogP contribution in [0, 0.1) is 0 Å². The fraction of sp³-hybridized carbons (Fsp3) is 0.227. The Morgan fingerprint density at radius 2 is 2.06 bits per heavy atom. The van der Waals surface area contributed by atoms with E-state index < -0.39 is 6.43 Å². The van der Waals surface area contributed by atoms with Crippen LogP contribution in [0.15, 0.2) is 54.5 Å². The number of alkyl halides is 2. The van der Waals surface area contributed by atoms with Crippen molar-refractivity contribution in [1.82, 2.24) is 29.5 Å². The van der Waals surface area contributed by atoms with Crippen LogP contribution in [0.3, 0.4) is 0 Å². The molecule has 1 aromatic carbocycles. The third kappa shape index (κ3) is 3.52. The quantitative estimate of drug-likeness (QED) is 0.500. The lowest BCUT2D eigenvalue weighted by atomic mass is 9.84. The molecule has 4 aromatic rings. The van der Waals surface area contributed by atoms with Gasteiger partial charge in [-0.2, -0.15) is 14.6 Å². The van der Waals surface area contributed by atoms with Gasteiger partial charge in [-0.15, -0.1) is 0 Å². The number of carbonyl (C=O) groups is 1. The Balaban J connectivity index is 1.33. The zero-order valence-electron chi connectivity index (χ0n) is 16.6. The van der Waals surface area contributed by atoms with Gasteiger partial charge >= 0.3 is 0 Å². The molecule has 1 fully saturated rings. The van der Waals surface area contributed by atoms with E-state index in [4.69, 9.17) is 0 Å². The average Bonchev–Trinajstić information content (AvgIpc) is 3.23. The van der Waals surface area contributed by atoms with E-state index in [9.17, 15) is 13.6 Å². The lowest BCUT2D eigenvalue weighted by Crippen LogP contribution is -2.42. The van der Waals surface area contributed by atoms with Crippen molar-refractivity contribution in [2.45, 2.75) is 25.3 Å². The molecule has 9 heteroatoms. The zero-order chi connectivity index (χ0) is 21.5. The van der Waals surface area contributed by atoms with Crippen LogP contribution in [0.25, 0.3) is 22.8 Å². The maximum absolute atomic E-state index is 13.1. The Kier molecular flexibility index (Phi) is 4.65. The topological polar surface area (TPSA) is 76.3 Å². The Morgan fingerprint density at radius 3 is 2.87 bits per heavy atom. The number of carbonyl (C=O) groups excluding carboxylic acids is 1. The fourth-order valence-corrected chi connectivity index (χ4v) is 3.79. The molecule has 1 saturated carbocycles. The highest BCUT2D eigenvalue weighted by molar-refractivity contribution is 5.98. The van der Waals surface area contributed by atoms with Gasteiger partial charge < -0.3 is 4.90 Å². The van der Waals surface area contributed by atoms with Crippen molar-refractivity contribution < 1.29 is 13.6 Å². The van der Waals surface area contributed by atoms with Crippen molar-refractivity contribution in [3.8, 4) is 0 Å². The number of hydrogen-bond acceptors (Lipinski definition) is 5. The summed E-state index contributed by atoms with van der Waals surface area (Å²) in [7, 11) is 1.79. The van der Waals surface area contributed by atoms with E-state index in [1.165, 1.54) is 16.9 Å². The minimum absolute atomic E-state index is 0.0472. The Morgan fingerprint density at radius 1 is 1.23 bits per heavy atom. The highest BCUT2D eigenvalue weighted by atomic mass is 19.3. The zero-order valence-corrected chi connectivity index (χ0v) is 16.6. The minimum atomic E-state index is -2.69. The molecule has 3 heterocycles. The normalized spacial score (nSPS) is 16.0. The Labute approximate surface area is 176 Å². The molecule has 31 heavy (non-hydrogen) atoms. The average molecular weight is 420 g/mol. The second kappa shape index (κ2) is 7.50. The van der Waals surface area contributed by atoms with Crippen molar-refractivity contribution in [1.29, 1.82) is 0 Å². The maximum Gasteiger partial charge on any atom is 0.280 e. The summed E-state index contributed by atoms with van der Waals surface area (Å²) < 4.78 is 27.7. The molecule has 5 rings (SSSR count). The summed E-state index contributed by atoms with van der Waals surface area (Å²) in [4.78, 5) is 26.7. The van der Waals surface area contributed by atoms with E-state index in [0.29, 0.717) is 24.1 Å². The van der Waals surface area contributed by atoms with Crippen LogP contribution in [0.5, 0.6) is 0 Å². The van der Waals surface area contributed by atoms with Crippen LogP contribution >= 0.6 is 0 Å². The highest BCUT2D eigenvalue weighted by Crippen LogP contribution is 2.33. The van der Waals surface area contributed by atoms with E-state index >= 15 is 0 Å². The minimum Gasteiger partial charge on any atom is -0.338 e. The number of halogens is 2. The first-order valence-electron chi connectivity index (χ1n) is 9.80. The molecule has 0 bridgehead atoms. The number of nitrogens with zero attached hydrogens (tertiary/aromatic N) is 6. The maximum atomic E-state index is 13.1. The van der Waals surface area contributed by atoms with Gasteiger partial charge in [0.1, 0.15) is 12.0 Å². The van der Waals surface area contributed by atoms with Gasteiger partial charge in [-0.1, -0.05) is 11.6 Å². The molecule has 0 aliphatic heterocycles. The summed E-state index contributed by atoms with van der Waals surface area (Å²) >= 11 is 0. The molecule has 1 amide bonds. The molecule has 7 nitrogen and oxygen atoms in total. The molecule has 3 aromatic heterocycles.